The summed E-state index contributed by atoms with van der Waals surface area (Å²) in [6.45, 7) is 6.01. The molecule has 2 aromatic rings. The molecule has 0 radical (unpaired) electrons. The van der Waals surface area contributed by atoms with E-state index in [2.05, 4.69) is 26.1 Å². The Labute approximate surface area is 128 Å². The number of thioether (sulfide) groups is 1. The standard InChI is InChI=1S/C12H14BrN3O3S/c1-12(2,3)16-10(7-4-5-8(13)19-7)14-15-11(16)20-6-9(17)18/h4-5H,6H2,1-3H3,(H,17,18). The Hall–Kier alpha value is -1.28. The van der Waals surface area contributed by atoms with Crippen LogP contribution in [0.4, 0.5) is 0 Å². The molecule has 8 heteroatoms. The first-order chi connectivity index (χ1) is 9.29. The van der Waals surface area contributed by atoms with Crippen LogP contribution in [0.2, 0.25) is 0 Å². The van der Waals surface area contributed by atoms with Crippen molar-refractivity contribution < 1.29 is 14.3 Å². The SMILES string of the molecule is CC(C)(C)n1c(SCC(=O)O)nnc1-c1ccc(Br)o1. The molecule has 0 saturated carbocycles. The Bertz CT molecular complexity index is 630. The summed E-state index contributed by atoms with van der Waals surface area (Å²) in [6, 6.07) is 3.57. The highest BCUT2D eigenvalue weighted by Crippen LogP contribution is 2.32. The topological polar surface area (TPSA) is 81.2 Å². The van der Waals surface area contributed by atoms with Gasteiger partial charge >= 0.3 is 5.97 Å². The molecule has 1 N–H and O–H groups in total. The van der Waals surface area contributed by atoms with Crippen molar-refractivity contribution in [1.82, 2.24) is 14.8 Å². The van der Waals surface area contributed by atoms with Crippen LogP contribution in [-0.2, 0) is 10.3 Å². The third-order valence-corrected chi connectivity index (χ3v) is 3.76. The molecule has 0 aliphatic rings. The summed E-state index contributed by atoms with van der Waals surface area (Å²) in [5, 5.41) is 17.6. The minimum Gasteiger partial charge on any atom is -0.481 e. The van der Waals surface area contributed by atoms with Crippen molar-refractivity contribution in [2.75, 3.05) is 5.75 Å². The fourth-order valence-electron chi connectivity index (χ4n) is 1.69. The molecule has 0 bridgehead atoms. The average Bonchev–Trinajstić information content (AvgIpc) is 2.90. The third kappa shape index (κ3) is 3.24. The van der Waals surface area contributed by atoms with E-state index in [1.165, 1.54) is 0 Å². The fraction of sp³-hybridized carbons (Fsp3) is 0.417. The monoisotopic (exact) mass is 359 g/mol. The molecular formula is C12H14BrN3O3S. The molecule has 0 saturated heterocycles. The van der Waals surface area contributed by atoms with Crippen LogP contribution in [0.5, 0.6) is 0 Å². The van der Waals surface area contributed by atoms with E-state index in [0.717, 1.165) is 11.8 Å². The molecule has 2 aromatic heterocycles. The Morgan fingerprint density at radius 3 is 2.65 bits per heavy atom. The Balaban J connectivity index is 2.45. The van der Waals surface area contributed by atoms with E-state index in [0.29, 0.717) is 21.4 Å². The van der Waals surface area contributed by atoms with Crippen LogP contribution >= 0.6 is 27.7 Å². The number of hydrogen-bond donors (Lipinski definition) is 1. The Morgan fingerprint density at radius 2 is 2.15 bits per heavy atom. The zero-order chi connectivity index (χ0) is 14.9. The van der Waals surface area contributed by atoms with Crippen LogP contribution in [0, 0.1) is 0 Å². The number of carbonyl (C=O) groups is 1. The van der Waals surface area contributed by atoms with Crippen molar-refractivity contribution in [3.63, 3.8) is 0 Å². The lowest BCUT2D eigenvalue weighted by Gasteiger charge is -2.23. The molecule has 0 aliphatic carbocycles. The number of hydrogen-bond acceptors (Lipinski definition) is 5. The van der Waals surface area contributed by atoms with Crippen LogP contribution in [0.1, 0.15) is 20.8 Å². The maximum absolute atomic E-state index is 10.7. The summed E-state index contributed by atoms with van der Waals surface area (Å²) in [6.07, 6.45) is 0. The molecule has 0 spiro atoms. The number of carboxylic acids is 1. The van der Waals surface area contributed by atoms with Gasteiger partial charge in [0.2, 0.25) is 5.82 Å². The quantitative estimate of drug-likeness (QED) is 0.843. The molecule has 0 fully saturated rings. The van der Waals surface area contributed by atoms with Gasteiger partial charge in [-0.25, -0.2) is 0 Å². The van der Waals surface area contributed by atoms with Crippen molar-refractivity contribution in [3.05, 3.63) is 16.8 Å². The van der Waals surface area contributed by atoms with Gasteiger partial charge in [0.15, 0.2) is 15.6 Å². The molecule has 2 rings (SSSR count). The van der Waals surface area contributed by atoms with E-state index in [-0.39, 0.29) is 11.3 Å². The van der Waals surface area contributed by atoms with Gasteiger partial charge in [0, 0.05) is 5.54 Å². The van der Waals surface area contributed by atoms with Crippen molar-refractivity contribution in [2.24, 2.45) is 0 Å². The highest BCUT2D eigenvalue weighted by molar-refractivity contribution is 9.10. The molecular weight excluding hydrogens is 346 g/mol. The molecule has 0 unspecified atom stereocenters. The zero-order valence-electron chi connectivity index (χ0n) is 11.3. The molecule has 0 aliphatic heterocycles. The molecule has 6 nitrogen and oxygen atoms in total. The Morgan fingerprint density at radius 1 is 1.45 bits per heavy atom. The van der Waals surface area contributed by atoms with Gasteiger partial charge in [-0.1, -0.05) is 11.8 Å². The number of carboxylic acid groups (broad SMARTS) is 1. The minimum absolute atomic E-state index is 0.0595. The van der Waals surface area contributed by atoms with Crippen LogP contribution in [0.25, 0.3) is 11.6 Å². The predicted molar refractivity (Wildman–Crippen MR) is 78.8 cm³/mol. The maximum atomic E-state index is 10.7. The highest BCUT2D eigenvalue weighted by atomic mass is 79.9. The van der Waals surface area contributed by atoms with E-state index in [9.17, 15) is 4.79 Å². The minimum atomic E-state index is -0.888. The maximum Gasteiger partial charge on any atom is 0.313 e. The van der Waals surface area contributed by atoms with Gasteiger partial charge in [0.05, 0.1) is 5.75 Å². The van der Waals surface area contributed by atoms with Gasteiger partial charge in [-0.2, -0.15) is 0 Å². The predicted octanol–water partition coefficient (Wildman–Crippen LogP) is 3.23. The first-order valence-electron chi connectivity index (χ1n) is 5.85. The summed E-state index contributed by atoms with van der Waals surface area (Å²) in [7, 11) is 0. The largest absolute Gasteiger partial charge is 0.481 e. The molecule has 0 aromatic carbocycles. The second-order valence-electron chi connectivity index (χ2n) is 5.10. The number of nitrogens with zero attached hydrogens (tertiary/aromatic N) is 3. The van der Waals surface area contributed by atoms with Gasteiger partial charge in [0.1, 0.15) is 0 Å². The van der Waals surface area contributed by atoms with Crippen LogP contribution in [0.3, 0.4) is 0 Å². The third-order valence-electron chi connectivity index (χ3n) is 2.42. The van der Waals surface area contributed by atoms with Gasteiger partial charge in [-0.3, -0.25) is 9.36 Å². The lowest BCUT2D eigenvalue weighted by atomic mass is 10.1. The summed E-state index contributed by atoms with van der Waals surface area (Å²) in [4.78, 5) is 10.7. The van der Waals surface area contributed by atoms with Crippen molar-refractivity contribution in [1.29, 1.82) is 0 Å². The van der Waals surface area contributed by atoms with Crippen molar-refractivity contribution >= 4 is 33.7 Å². The van der Waals surface area contributed by atoms with E-state index >= 15 is 0 Å². The normalized spacial score (nSPS) is 11.8. The van der Waals surface area contributed by atoms with Crippen molar-refractivity contribution in [2.45, 2.75) is 31.5 Å². The average molecular weight is 360 g/mol. The lowest BCUT2D eigenvalue weighted by molar-refractivity contribution is -0.133. The summed E-state index contributed by atoms with van der Waals surface area (Å²) in [5.74, 6) is 0.217. The van der Waals surface area contributed by atoms with Gasteiger partial charge in [-0.05, 0) is 48.8 Å². The first kappa shape index (κ1) is 15.1. The van der Waals surface area contributed by atoms with Gasteiger partial charge in [0.25, 0.3) is 0 Å². The summed E-state index contributed by atoms with van der Waals surface area (Å²) >= 11 is 4.39. The zero-order valence-corrected chi connectivity index (χ0v) is 13.7. The second kappa shape index (κ2) is 5.61. The van der Waals surface area contributed by atoms with Gasteiger partial charge < -0.3 is 9.52 Å². The molecule has 0 atom stereocenters. The Kier molecular flexibility index (Phi) is 4.24. The van der Waals surface area contributed by atoms with E-state index in [1.807, 2.05) is 25.3 Å². The second-order valence-corrected chi connectivity index (χ2v) is 6.82. The fourth-order valence-corrected chi connectivity index (χ4v) is 2.84. The summed E-state index contributed by atoms with van der Waals surface area (Å²) in [5.41, 5.74) is -0.293. The van der Waals surface area contributed by atoms with E-state index < -0.39 is 5.97 Å². The van der Waals surface area contributed by atoms with Crippen LogP contribution in [0.15, 0.2) is 26.4 Å². The van der Waals surface area contributed by atoms with Crippen molar-refractivity contribution in [3.8, 4) is 11.6 Å². The van der Waals surface area contributed by atoms with E-state index in [1.54, 1.807) is 12.1 Å². The number of aliphatic carboxylic acids is 1. The number of furan rings is 1. The first-order valence-corrected chi connectivity index (χ1v) is 7.63. The lowest BCUT2D eigenvalue weighted by Crippen LogP contribution is -2.24. The smallest absolute Gasteiger partial charge is 0.313 e. The molecule has 2 heterocycles. The number of aromatic nitrogens is 3. The number of halogens is 1. The summed E-state index contributed by atoms with van der Waals surface area (Å²) < 4.78 is 8.00. The number of rotatable bonds is 4. The molecule has 108 valence electrons. The molecule has 0 amide bonds. The van der Waals surface area contributed by atoms with Gasteiger partial charge in [-0.15, -0.1) is 10.2 Å². The molecule has 20 heavy (non-hydrogen) atoms. The van der Waals surface area contributed by atoms with Crippen LogP contribution in [-0.4, -0.2) is 31.6 Å². The van der Waals surface area contributed by atoms with E-state index in [4.69, 9.17) is 9.52 Å². The highest BCUT2D eigenvalue weighted by Gasteiger charge is 2.26. The van der Waals surface area contributed by atoms with Crippen LogP contribution < -0.4 is 0 Å².